The van der Waals surface area contributed by atoms with Crippen LogP contribution in [-0.4, -0.2) is 69.0 Å². The molecule has 7 heterocycles. The number of fused-ring (bicyclic) bond motifs is 10. The van der Waals surface area contributed by atoms with Crippen molar-refractivity contribution >= 4 is 125 Å². The number of rotatable bonds is 11. The molecule has 481 valence electrons. The summed E-state index contributed by atoms with van der Waals surface area (Å²) in [4.78, 5) is 28.1. The molecule has 0 amide bonds. The Hall–Kier alpha value is -11.1. The van der Waals surface area contributed by atoms with Gasteiger partial charge in [0.2, 0.25) is 0 Å². The number of hydrogen-bond donors (Lipinski definition) is 1. The fourth-order valence-corrected chi connectivity index (χ4v) is 13.2. The second-order valence-corrected chi connectivity index (χ2v) is 24.4. The minimum absolute atomic E-state index is 0. The van der Waals surface area contributed by atoms with Crippen molar-refractivity contribution in [1.82, 2.24) is 29.1 Å². The van der Waals surface area contributed by atoms with Crippen LogP contribution in [0.5, 0.6) is 11.5 Å². The Morgan fingerprint density at radius 3 is 1.41 bits per heavy atom. The summed E-state index contributed by atoms with van der Waals surface area (Å²) >= 11 is -2.89. The van der Waals surface area contributed by atoms with E-state index in [-0.39, 0.29) is 31.6 Å². The summed E-state index contributed by atoms with van der Waals surface area (Å²) < 4.78 is 25.4. The summed E-state index contributed by atoms with van der Waals surface area (Å²) in [7, 11) is 7.17. The zero-order valence-corrected chi connectivity index (χ0v) is 58.8. The van der Waals surface area contributed by atoms with Crippen molar-refractivity contribution in [2.75, 3.05) is 6.06 Å². The molecule has 0 spiro atoms. The van der Waals surface area contributed by atoms with Gasteiger partial charge in [0.05, 0.1) is 46.6 Å². The number of benzene rings is 10. The third-order valence-electron chi connectivity index (χ3n) is 16.1. The number of para-hydroxylation sites is 7. The van der Waals surface area contributed by atoms with Gasteiger partial charge in [0.1, 0.15) is 34.9 Å². The Morgan fingerprint density at radius 2 is 0.939 bits per heavy atom. The molecule has 3 radical (unpaired) electrons. The van der Waals surface area contributed by atoms with Crippen molar-refractivity contribution in [3.05, 3.63) is 334 Å². The van der Waals surface area contributed by atoms with Crippen LogP contribution < -0.4 is 16.2 Å². The van der Waals surface area contributed by atoms with Crippen LogP contribution in [0.4, 0.5) is 0 Å². The van der Waals surface area contributed by atoms with Crippen molar-refractivity contribution in [2.24, 2.45) is 0 Å². The summed E-state index contributed by atoms with van der Waals surface area (Å²) in [6.45, 7) is 2.85. The van der Waals surface area contributed by atoms with Gasteiger partial charge < -0.3 is 25.7 Å². The predicted octanol–water partition coefficient (Wildman–Crippen LogP) is 18.5. The molecule has 1 atom stereocenters. The van der Waals surface area contributed by atoms with Gasteiger partial charge in [0, 0.05) is 82.3 Å². The number of aromatic nitrogens is 7. The smallest absolute Gasteiger partial charge is 0.574 e. The average molecular weight is 1500 g/mol. The third kappa shape index (κ3) is 15.7. The van der Waals surface area contributed by atoms with Gasteiger partial charge in [-0.05, 0) is 144 Å². The number of aliphatic hydroxyl groups excluding tert-OH is 1. The van der Waals surface area contributed by atoms with E-state index in [1.165, 1.54) is 91.4 Å². The number of ketones is 1. The van der Waals surface area contributed by atoms with Gasteiger partial charge in [0.25, 0.3) is 0 Å². The molecule has 1 N–H and O–H groups in total. The Balaban J connectivity index is 0.000000139. The first-order valence-corrected chi connectivity index (χ1v) is 34.1. The number of aliphatic hydroxyl groups is 1. The Morgan fingerprint density at radius 1 is 0.505 bits per heavy atom. The molecule has 0 aliphatic rings. The van der Waals surface area contributed by atoms with Gasteiger partial charge in [-0.2, -0.15) is 0 Å². The van der Waals surface area contributed by atoms with Crippen LogP contribution in [0.25, 0.3) is 121 Å². The molecule has 0 aliphatic heterocycles. The molecule has 16 heteroatoms. The van der Waals surface area contributed by atoms with Crippen molar-refractivity contribution in [1.29, 1.82) is 0 Å². The Kier molecular flexibility index (Phi) is 22.1. The molecule has 7 aromatic heterocycles. The molecule has 0 saturated heterocycles. The molecule has 1 unspecified atom stereocenters. The summed E-state index contributed by atoms with van der Waals surface area (Å²) in [6.07, 6.45) is 8.17. The number of nitrogens with zero attached hydrogens (tertiary/aromatic N) is 7. The molecule has 0 bridgehead atoms. The van der Waals surface area contributed by atoms with E-state index >= 15 is 0 Å². The van der Waals surface area contributed by atoms with Crippen molar-refractivity contribution < 1.29 is 46.2 Å². The molecular formula is C83H64AlBIrN7O5P. The summed E-state index contributed by atoms with van der Waals surface area (Å²) in [6, 6.07) is 104. The van der Waals surface area contributed by atoms with E-state index in [0.29, 0.717) is 23.2 Å². The first kappa shape index (κ1) is 67.8. The van der Waals surface area contributed by atoms with Crippen LogP contribution in [-0.2, 0) is 24.9 Å². The van der Waals surface area contributed by atoms with E-state index in [1.807, 2.05) is 133 Å². The zero-order chi connectivity index (χ0) is 67.2. The standard InChI is InChI=1S/C36H24N2.C15H10N.2C9H7NO.C8H6N2O.C5H8O2.CH4BP.Al.Ir/c1-5-13-33-29(9-1)30-10-2-6-14-34(30)37(33)27-21-17-25(18-22-27)26-19-23-28(24-20-26)38-35-15-7-3-11-31(35)32-12-4-8-16-36(32)38;1-2-6-12(7-3-1)15-11-10-13-8-4-5-9-14(13)16-15;2*11-8-5-1-3-7-4-2-6-10-9(7)8;11-10-6-2-4-7-3-1-5-9-8(7)10;1-4(6)3-5(2)7;2-1-3;;/h1-24H;1-6,8-11H;2*1-6,11H;1-6H;3,6H,1-2H3;1,3H2;;/q;-1;;;;;;+3;/p-2. The van der Waals surface area contributed by atoms with Crippen LogP contribution in [0.2, 0.25) is 0 Å². The van der Waals surface area contributed by atoms with E-state index in [0.717, 1.165) is 44.0 Å². The Labute approximate surface area is 595 Å². The second kappa shape index (κ2) is 32.3. The molecule has 99 heavy (non-hydrogen) atoms. The maximum Gasteiger partial charge on any atom is 1.24 e. The van der Waals surface area contributed by atoms with Crippen LogP contribution in [0, 0.1) is 6.07 Å². The number of pyridine rings is 5. The zero-order valence-electron chi connectivity index (χ0n) is 54.1. The van der Waals surface area contributed by atoms with Crippen LogP contribution >= 0.6 is 9.24 Å². The van der Waals surface area contributed by atoms with Crippen LogP contribution in [0.15, 0.2) is 328 Å². The van der Waals surface area contributed by atoms with Crippen LogP contribution in [0.1, 0.15) is 13.8 Å². The maximum absolute atomic E-state index is 10.0. The predicted molar refractivity (Wildman–Crippen MR) is 403 cm³/mol. The van der Waals surface area contributed by atoms with Gasteiger partial charge in [-0.25, -0.2) is 0 Å². The first-order valence-electron chi connectivity index (χ1n) is 31.9. The minimum Gasteiger partial charge on any atom is -0.574 e. The Bertz CT molecular complexity index is 5190. The molecule has 10 aromatic carbocycles. The van der Waals surface area contributed by atoms with Gasteiger partial charge in [-0.1, -0.05) is 175 Å². The maximum atomic E-state index is 10.0. The molecule has 0 saturated carbocycles. The monoisotopic (exact) mass is 1500 g/mol. The van der Waals surface area contributed by atoms with E-state index in [1.54, 1.807) is 29.5 Å². The summed E-state index contributed by atoms with van der Waals surface area (Å²) in [5.41, 5.74) is 14.9. The molecule has 17 aromatic rings. The van der Waals surface area contributed by atoms with Crippen molar-refractivity contribution in [2.45, 2.75) is 13.8 Å². The topological polar surface area (TPSA) is 130 Å². The second-order valence-electron chi connectivity index (χ2n) is 22.7. The average Bonchev–Trinajstić information content (AvgIpc) is 1.61. The SMILES string of the molecule is CC(=O)C=C(C)O.[B]CP.[Ir].[c-]1ccccc1-c1ccc2ccccc2n1.c1ccc2c(c1)c1ccccc1n2-c1ccc(-c2ccc(-n3c4ccccc4c4ccccc43)cc2)cc1.c1cnc2c([O][Al]([O]c3cccc4cccnc34)[O][n+]3cccc4cccnc43)cccc2c1. The van der Waals surface area contributed by atoms with E-state index in [2.05, 4.69) is 202 Å². The van der Waals surface area contributed by atoms with Gasteiger partial charge >= 0.3 is 20.8 Å². The van der Waals surface area contributed by atoms with Gasteiger partial charge in [0.15, 0.2) is 5.78 Å². The molecule has 0 fully saturated rings. The minimum atomic E-state index is -2.89. The third-order valence-corrected chi connectivity index (χ3v) is 17.4. The quantitative estimate of drug-likeness (QED) is 0.0336. The largest absolute Gasteiger partial charge is 1.24 e. The fraction of sp³-hybridized carbons (Fsp3) is 0.0361. The van der Waals surface area contributed by atoms with E-state index in [4.69, 9.17) is 24.4 Å². The summed E-state index contributed by atoms with van der Waals surface area (Å²) in [5, 5.41) is 17.6. The van der Waals surface area contributed by atoms with Crippen molar-refractivity contribution in [3.8, 4) is 45.3 Å². The van der Waals surface area contributed by atoms with Crippen LogP contribution in [0.3, 0.4) is 0 Å². The van der Waals surface area contributed by atoms with E-state index < -0.39 is 15.1 Å². The number of allylic oxidation sites excluding steroid dienone is 2. The number of carbonyl (C=O) groups is 1. The van der Waals surface area contributed by atoms with Gasteiger partial charge in [-0.3, -0.25) is 19.7 Å². The summed E-state index contributed by atoms with van der Waals surface area (Å²) in [5.74, 6) is 1.13. The van der Waals surface area contributed by atoms with Crippen molar-refractivity contribution in [3.63, 3.8) is 0 Å². The van der Waals surface area contributed by atoms with E-state index in [9.17, 15) is 4.79 Å². The number of carbonyl (C=O) groups excluding carboxylic acids is 1. The van der Waals surface area contributed by atoms with Gasteiger partial charge in [-0.15, -0.1) is 45.1 Å². The molecule has 0 aliphatic carbocycles. The molecule has 17 rings (SSSR count). The number of hydrogen-bond acceptors (Lipinski definition) is 9. The molecule has 12 nitrogen and oxygen atoms in total. The first-order chi connectivity index (χ1) is 48.2. The molecular weight excluding hydrogens is 1440 g/mol. The fourth-order valence-electron chi connectivity index (χ4n) is 11.9. The normalized spacial score (nSPS) is 10.9.